The standard InChI is InChI=1S/C29H22N2O6S/c32-26(31(21-9-3-1-4-10-21)22-11-5-2-6-12-22)18-38-23-13-7-8-20(17-23)30-27(33)24-15-14-19(28(34)35)16-25(24)29(36)37/h1-17H,18H2,(H,30,33)(H,34,35)(H,36,37). The van der Waals surface area contributed by atoms with E-state index in [4.69, 9.17) is 5.11 Å². The maximum Gasteiger partial charge on any atom is 0.336 e. The van der Waals surface area contributed by atoms with Crippen molar-refractivity contribution in [2.24, 2.45) is 0 Å². The lowest BCUT2D eigenvalue weighted by Gasteiger charge is -2.23. The minimum absolute atomic E-state index is 0.126. The molecular weight excluding hydrogens is 504 g/mol. The van der Waals surface area contributed by atoms with Gasteiger partial charge in [0.2, 0.25) is 5.91 Å². The summed E-state index contributed by atoms with van der Waals surface area (Å²) in [7, 11) is 0. The van der Waals surface area contributed by atoms with Crippen molar-refractivity contribution >= 4 is 52.6 Å². The Morgan fingerprint density at radius 3 is 1.89 bits per heavy atom. The number of amides is 2. The number of carbonyl (C=O) groups is 4. The van der Waals surface area contributed by atoms with Crippen LogP contribution in [0.15, 0.2) is 108 Å². The van der Waals surface area contributed by atoms with Gasteiger partial charge in [0, 0.05) is 22.0 Å². The van der Waals surface area contributed by atoms with E-state index < -0.39 is 23.4 Å². The highest BCUT2D eigenvalue weighted by molar-refractivity contribution is 8.00. The highest BCUT2D eigenvalue weighted by Gasteiger charge is 2.20. The van der Waals surface area contributed by atoms with Gasteiger partial charge in [0.05, 0.1) is 22.4 Å². The summed E-state index contributed by atoms with van der Waals surface area (Å²) in [6.07, 6.45) is 0. The Morgan fingerprint density at radius 1 is 0.684 bits per heavy atom. The average Bonchev–Trinajstić information content (AvgIpc) is 2.93. The molecule has 190 valence electrons. The molecule has 3 N–H and O–H groups in total. The molecule has 4 aromatic carbocycles. The fraction of sp³-hybridized carbons (Fsp3) is 0.0345. The van der Waals surface area contributed by atoms with Crippen molar-refractivity contribution in [1.29, 1.82) is 0 Å². The third-order valence-electron chi connectivity index (χ3n) is 5.47. The Labute approximate surface area is 222 Å². The highest BCUT2D eigenvalue weighted by Crippen LogP contribution is 2.28. The van der Waals surface area contributed by atoms with E-state index in [1.807, 2.05) is 60.7 Å². The molecule has 4 aromatic rings. The van der Waals surface area contributed by atoms with Gasteiger partial charge in [-0.25, -0.2) is 9.59 Å². The number of hydrogen-bond acceptors (Lipinski definition) is 5. The number of nitrogens with one attached hydrogen (secondary N) is 1. The van der Waals surface area contributed by atoms with Crippen molar-refractivity contribution in [3.63, 3.8) is 0 Å². The molecular formula is C29H22N2O6S. The zero-order valence-corrected chi connectivity index (χ0v) is 20.7. The van der Waals surface area contributed by atoms with Crippen molar-refractivity contribution in [2.45, 2.75) is 4.90 Å². The van der Waals surface area contributed by atoms with Crippen LogP contribution in [0.2, 0.25) is 0 Å². The van der Waals surface area contributed by atoms with E-state index in [0.717, 1.165) is 22.3 Å². The van der Waals surface area contributed by atoms with Crippen LogP contribution in [-0.4, -0.2) is 39.7 Å². The summed E-state index contributed by atoms with van der Waals surface area (Å²) < 4.78 is 0. The highest BCUT2D eigenvalue weighted by atomic mass is 32.2. The summed E-state index contributed by atoms with van der Waals surface area (Å²) in [5, 5.41) is 21.2. The number of anilines is 3. The summed E-state index contributed by atoms with van der Waals surface area (Å²) >= 11 is 1.29. The first-order valence-corrected chi connectivity index (χ1v) is 12.4. The van der Waals surface area contributed by atoms with Crippen molar-refractivity contribution in [3.05, 3.63) is 120 Å². The second-order valence-electron chi connectivity index (χ2n) is 8.04. The molecule has 0 spiro atoms. The summed E-state index contributed by atoms with van der Waals surface area (Å²) in [6.45, 7) is 0. The van der Waals surface area contributed by atoms with Crippen LogP contribution < -0.4 is 10.2 Å². The zero-order chi connectivity index (χ0) is 27.1. The lowest BCUT2D eigenvalue weighted by atomic mass is 10.0. The largest absolute Gasteiger partial charge is 0.478 e. The second kappa shape index (κ2) is 11.9. The molecule has 0 aliphatic heterocycles. The predicted molar refractivity (Wildman–Crippen MR) is 146 cm³/mol. The Kier molecular flexibility index (Phi) is 8.20. The molecule has 4 rings (SSSR count). The van der Waals surface area contributed by atoms with Crippen LogP contribution in [0.4, 0.5) is 17.1 Å². The number of nitrogens with zero attached hydrogens (tertiary/aromatic N) is 1. The van der Waals surface area contributed by atoms with Crippen LogP contribution in [0.5, 0.6) is 0 Å². The Hall–Kier alpha value is -4.89. The number of rotatable bonds is 9. The van der Waals surface area contributed by atoms with Crippen LogP contribution >= 0.6 is 11.8 Å². The first-order valence-electron chi connectivity index (χ1n) is 11.4. The quantitative estimate of drug-likeness (QED) is 0.236. The minimum Gasteiger partial charge on any atom is -0.478 e. The Morgan fingerprint density at radius 2 is 1.32 bits per heavy atom. The number of carbonyl (C=O) groups excluding carboxylic acids is 2. The fourth-order valence-electron chi connectivity index (χ4n) is 3.72. The summed E-state index contributed by atoms with van der Waals surface area (Å²) in [5.74, 6) is -3.41. The summed E-state index contributed by atoms with van der Waals surface area (Å²) in [4.78, 5) is 51.2. The first kappa shape index (κ1) is 26.2. The maximum absolute atomic E-state index is 13.3. The zero-order valence-electron chi connectivity index (χ0n) is 19.9. The molecule has 0 heterocycles. The van der Waals surface area contributed by atoms with Crippen LogP contribution in [0.1, 0.15) is 31.1 Å². The topological polar surface area (TPSA) is 124 Å². The van der Waals surface area contributed by atoms with E-state index in [9.17, 15) is 24.3 Å². The molecule has 0 saturated heterocycles. The molecule has 0 unspecified atom stereocenters. The molecule has 0 bridgehead atoms. The van der Waals surface area contributed by atoms with Gasteiger partial charge in [-0.1, -0.05) is 42.5 Å². The normalized spacial score (nSPS) is 10.4. The number of benzene rings is 4. The molecule has 0 fully saturated rings. The number of carboxylic acid groups (broad SMARTS) is 2. The van der Waals surface area contributed by atoms with Crippen LogP contribution in [0.3, 0.4) is 0 Å². The summed E-state index contributed by atoms with van der Waals surface area (Å²) in [6, 6.07) is 28.8. The third kappa shape index (κ3) is 6.26. The molecule has 0 atom stereocenters. The van der Waals surface area contributed by atoms with Gasteiger partial charge in [-0.15, -0.1) is 11.8 Å². The van der Waals surface area contributed by atoms with Gasteiger partial charge in [0.1, 0.15) is 0 Å². The fourth-order valence-corrected chi connectivity index (χ4v) is 4.52. The lowest BCUT2D eigenvalue weighted by Crippen LogP contribution is -2.27. The van der Waals surface area contributed by atoms with Crippen LogP contribution in [-0.2, 0) is 4.79 Å². The predicted octanol–water partition coefficient (Wildman–Crippen LogP) is 5.79. The molecule has 8 nitrogen and oxygen atoms in total. The van der Waals surface area contributed by atoms with E-state index in [1.54, 1.807) is 29.2 Å². The van der Waals surface area contributed by atoms with Gasteiger partial charge >= 0.3 is 11.9 Å². The van der Waals surface area contributed by atoms with Crippen LogP contribution in [0.25, 0.3) is 0 Å². The van der Waals surface area contributed by atoms with Crippen molar-refractivity contribution in [2.75, 3.05) is 16.0 Å². The van der Waals surface area contributed by atoms with Crippen LogP contribution in [0, 0.1) is 0 Å². The molecule has 0 aromatic heterocycles. The number of carboxylic acids is 2. The van der Waals surface area contributed by atoms with Gasteiger partial charge in [0.25, 0.3) is 5.91 Å². The van der Waals surface area contributed by atoms with Crippen molar-refractivity contribution < 1.29 is 29.4 Å². The second-order valence-corrected chi connectivity index (χ2v) is 9.09. The van der Waals surface area contributed by atoms with E-state index in [2.05, 4.69) is 5.32 Å². The molecule has 0 aliphatic rings. The Balaban J connectivity index is 1.49. The molecule has 2 amide bonds. The van der Waals surface area contributed by atoms with Gasteiger partial charge in [0.15, 0.2) is 0 Å². The van der Waals surface area contributed by atoms with E-state index in [-0.39, 0.29) is 22.8 Å². The lowest BCUT2D eigenvalue weighted by molar-refractivity contribution is -0.115. The smallest absolute Gasteiger partial charge is 0.336 e. The van der Waals surface area contributed by atoms with E-state index in [1.165, 1.54) is 23.9 Å². The molecule has 0 aliphatic carbocycles. The first-order chi connectivity index (χ1) is 18.3. The minimum atomic E-state index is -1.41. The van der Waals surface area contributed by atoms with E-state index >= 15 is 0 Å². The SMILES string of the molecule is O=C(O)c1ccc(C(=O)Nc2cccc(SCC(=O)N(c3ccccc3)c3ccccc3)c2)c(C(=O)O)c1. The third-order valence-corrected chi connectivity index (χ3v) is 6.45. The maximum atomic E-state index is 13.3. The number of para-hydroxylation sites is 2. The monoisotopic (exact) mass is 526 g/mol. The summed E-state index contributed by atoms with van der Waals surface area (Å²) in [5.41, 5.74) is 1.07. The average molecular weight is 527 g/mol. The molecule has 9 heteroatoms. The van der Waals surface area contributed by atoms with E-state index in [0.29, 0.717) is 5.69 Å². The Bertz CT molecular complexity index is 1450. The van der Waals surface area contributed by atoms with Gasteiger partial charge in [-0.05, 0) is 60.7 Å². The van der Waals surface area contributed by atoms with Gasteiger partial charge in [-0.3, -0.25) is 14.5 Å². The number of thioether (sulfide) groups is 1. The number of hydrogen-bond donors (Lipinski definition) is 3. The number of aromatic carboxylic acids is 2. The van der Waals surface area contributed by atoms with Crippen molar-refractivity contribution in [3.8, 4) is 0 Å². The molecule has 0 saturated carbocycles. The van der Waals surface area contributed by atoms with Crippen molar-refractivity contribution in [1.82, 2.24) is 0 Å². The van der Waals surface area contributed by atoms with Gasteiger partial charge < -0.3 is 15.5 Å². The molecule has 0 radical (unpaired) electrons. The molecule has 38 heavy (non-hydrogen) atoms. The van der Waals surface area contributed by atoms with Gasteiger partial charge in [-0.2, -0.15) is 0 Å².